The van der Waals surface area contributed by atoms with E-state index in [4.69, 9.17) is 14.2 Å². The number of nitrogens with zero attached hydrogens (tertiary/aromatic N) is 1. The third kappa shape index (κ3) is 6.64. The Morgan fingerprint density at radius 2 is 1.58 bits per heavy atom. The lowest BCUT2D eigenvalue weighted by molar-refractivity contribution is -0.141. The molecule has 0 spiro atoms. The fraction of sp³-hybridized carbons (Fsp3) is 0.267. The first-order chi connectivity index (χ1) is 18.4. The number of ether oxygens (including phenoxy) is 3. The van der Waals surface area contributed by atoms with Crippen molar-refractivity contribution in [2.24, 2.45) is 5.92 Å². The number of allylic oxidation sites excluding steroid dienone is 1. The maximum atomic E-state index is 13.1. The molecule has 0 bridgehead atoms. The van der Waals surface area contributed by atoms with Crippen LogP contribution in [0.25, 0.3) is 5.57 Å². The molecule has 1 saturated carbocycles. The van der Waals surface area contributed by atoms with Gasteiger partial charge in [-0.05, 0) is 43.7 Å². The Hall–Kier alpha value is -4.46. The van der Waals surface area contributed by atoms with Crippen LogP contribution in [0.2, 0.25) is 0 Å². The molecule has 8 nitrogen and oxygen atoms in total. The largest absolute Gasteiger partial charge is 0.493 e. The molecule has 0 radical (unpaired) electrons. The number of hydrogen-bond acceptors (Lipinski definition) is 7. The first kappa shape index (κ1) is 26.6. The molecule has 2 aromatic carbocycles. The van der Waals surface area contributed by atoms with Crippen LogP contribution in [0.5, 0.6) is 11.5 Å². The summed E-state index contributed by atoms with van der Waals surface area (Å²) in [5, 5.41) is 2.59. The van der Waals surface area contributed by atoms with Crippen LogP contribution in [0.3, 0.4) is 0 Å². The van der Waals surface area contributed by atoms with E-state index in [1.165, 1.54) is 26.3 Å². The molecule has 1 aliphatic carbocycles. The average Bonchev–Trinajstić information content (AvgIpc) is 3.74. The Morgan fingerprint density at radius 3 is 2.13 bits per heavy atom. The van der Waals surface area contributed by atoms with Crippen molar-refractivity contribution in [3.05, 3.63) is 95.5 Å². The highest BCUT2D eigenvalue weighted by atomic mass is 16.6. The first-order valence-electron chi connectivity index (χ1n) is 12.4. The van der Waals surface area contributed by atoms with Crippen molar-refractivity contribution >= 4 is 23.4 Å². The lowest BCUT2D eigenvalue weighted by atomic mass is 9.97. The summed E-state index contributed by atoms with van der Waals surface area (Å²) < 4.78 is 16.4. The molecule has 1 aromatic heterocycles. The van der Waals surface area contributed by atoms with E-state index in [1.807, 2.05) is 60.7 Å². The zero-order valence-electron chi connectivity index (χ0n) is 21.6. The van der Waals surface area contributed by atoms with Crippen molar-refractivity contribution in [3.8, 4) is 11.5 Å². The standard InChI is InChI=1S/C30H30N2O6/c1-19(30(35)37-20(2)26(22-10-6-4-7-11-22)23-12-8-5-9-13-23)32-29(34)27-28(24(36-3)16-17-31-27)38-25(33)18-21-14-15-21/h4-13,16-17,19,21H,14-15,18H2,1-3H3,(H,32,34)/t19-/m0/s1. The van der Waals surface area contributed by atoms with E-state index in [1.54, 1.807) is 6.92 Å². The van der Waals surface area contributed by atoms with Crippen LogP contribution in [0.1, 0.15) is 54.7 Å². The van der Waals surface area contributed by atoms with Crippen LogP contribution in [-0.4, -0.2) is 36.0 Å². The van der Waals surface area contributed by atoms with E-state index >= 15 is 0 Å². The minimum atomic E-state index is -1.02. The van der Waals surface area contributed by atoms with Crippen molar-refractivity contribution < 1.29 is 28.6 Å². The second kappa shape index (κ2) is 12.2. The maximum Gasteiger partial charge on any atom is 0.333 e. The Bertz CT molecular complexity index is 1290. The van der Waals surface area contributed by atoms with E-state index in [9.17, 15) is 14.4 Å². The Balaban J connectivity index is 1.51. The third-order valence-corrected chi connectivity index (χ3v) is 6.10. The number of aromatic nitrogens is 1. The SMILES string of the molecule is COc1ccnc(C(=O)N[C@@H](C)C(=O)OC(C)=C(c2ccccc2)c2ccccc2)c1OC(=O)CC1CC1. The van der Waals surface area contributed by atoms with Crippen molar-refractivity contribution in [1.29, 1.82) is 0 Å². The highest BCUT2D eigenvalue weighted by Crippen LogP contribution is 2.35. The predicted molar refractivity (Wildman–Crippen MR) is 141 cm³/mol. The van der Waals surface area contributed by atoms with E-state index in [-0.39, 0.29) is 23.6 Å². The van der Waals surface area contributed by atoms with Crippen LogP contribution in [0.15, 0.2) is 78.7 Å². The van der Waals surface area contributed by atoms with Gasteiger partial charge in [-0.25, -0.2) is 9.78 Å². The monoisotopic (exact) mass is 514 g/mol. The number of carbonyl (C=O) groups is 3. The third-order valence-electron chi connectivity index (χ3n) is 6.10. The minimum Gasteiger partial charge on any atom is -0.493 e. The van der Waals surface area contributed by atoms with E-state index in [0.717, 1.165) is 29.5 Å². The van der Waals surface area contributed by atoms with Crippen molar-refractivity contribution in [2.75, 3.05) is 7.11 Å². The molecule has 0 unspecified atom stereocenters. The van der Waals surface area contributed by atoms with Crippen molar-refractivity contribution in [3.63, 3.8) is 0 Å². The van der Waals surface area contributed by atoms with E-state index in [2.05, 4.69) is 10.3 Å². The summed E-state index contributed by atoms with van der Waals surface area (Å²) in [4.78, 5) is 42.5. The fourth-order valence-electron chi connectivity index (χ4n) is 3.96. The molecular formula is C30H30N2O6. The number of esters is 2. The molecule has 0 saturated heterocycles. The van der Waals surface area contributed by atoms with Crippen LogP contribution >= 0.6 is 0 Å². The van der Waals surface area contributed by atoms with Gasteiger partial charge in [0.2, 0.25) is 5.75 Å². The number of methoxy groups -OCH3 is 1. The van der Waals surface area contributed by atoms with Crippen molar-refractivity contribution in [2.45, 2.75) is 39.2 Å². The zero-order valence-corrected chi connectivity index (χ0v) is 21.6. The zero-order chi connectivity index (χ0) is 27.1. The molecule has 8 heteroatoms. The normalized spacial score (nSPS) is 13.1. The molecule has 1 amide bonds. The van der Waals surface area contributed by atoms with Gasteiger partial charge in [0, 0.05) is 24.3 Å². The number of amides is 1. The molecule has 3 aromatic rings. The molecular weight excluding hydrogens is 484 g/mol. The number of carbonyl (C=O) groups excluding carboxylic acids is 3. The van der Waals surface area contributed by atoms with Gasteiger partial charge in [-0.15, -0.1) is 0 Å². The molecule has 1 heterocycles. The van der Waals surface area contributed by atoms with E-state index < -0.39 is 23.9 Å². The highest BCUT2D eigenvalue weighted by molar-refractivity contribution is 5.99. The van der Waals surface area contributed by atoms with E-state index in [0.29, 0.717) is 11.7 Å². The van der Waals surface area contributed by atoms with Crippen LogP contribution < -0.4 is 14.8 Å². The smallest absolute Gasteiger partial charge is 0.333 e. The predicted octanol–water partition coefficient (Wildman–Crippen LogP) is 4.94. The highest BCUT2D eigenvalue weighted by Gasteiger charge is 2.29. The van der Waals surface area contributed by atoms with Gasteiger partial charge >= 0.3 is 11.9 Å². The summed E-state index contributed by atoms with van der Waals surface area (Å²) in [5.74, 6) is -1.00. The number of hydrogen-bond donors (Lipinski definition) is 1. The lowest BCUT2D eigenvalue weighted by Crippen LogP contribution is -2.40. The minimum absolute atomic E-state index is 0.0785. The van der Waals surface area contributed by atoms with Crippen LogP contribution in [0.4, 0.5) is 0 Å². The summed E-state index contributed by atoms with van der Waals surface area (Å²) in [5.41, 5.74) is 2.38. The summed E-state index contributed by atoms with van der Waals surface area (Å²) in [6.07, 6.45) is 3.60. The fourth-order valence-corrected chi connectivity index (χ4v) is 3.96. The summed E-state index contributed by atoms with van der Waals surface area (Å²) in [6, 6.07) is 19.7. The molecule has 1 atom stereocenters. The number of benzene rings is 2. The molecule has 196 valence electrons. The molecule has 0 aliphatic heterocycles. The Labute approximate surface area is 221 Å². The number of rotatable bonds is 10. The maximum absolute atomic E-state index is 13.1. The molecule has 1 N–H and O–H groups in total. The summed E-state index contributed by atoms with van der Waals surface area (Å²) in [6.45, 7) is 3.22. The van der Waals surface area contributed by atoms with Gasteiger partial charge in [0.05, 0.1) is 7.11 Å². The molecule has 4 rings (SSSR count). The second-order valence-electron chi connectivity index (χ2n) is 9.09. The van der Waals surface area contributed by atoms with Gasteiger partial charge in [-0.1, -0.05) is 60.7 Å². The van der Waals surface area contributed by atoms with Gasteiger partial charge in [0.1, 0.15) is 11.8 Å². The van der Waals surface area contributed by atoms with Gasteiger partial charge in [0.25, 0.3) is 5.91 Å². The van der Waals surface area contributed by atoms with Gasteiger partial charge in [0.15, 0.2) is 11.4 Å². The molecule has 1 fully saturated rings. The quantitative estimate of drug-likeness (QED) is 0.302. The summed E-state index contributed by atoms with van der Waals surface area (Å²) in [7, 11) is 1.40. The van der Waals surface area contributed by atoms with Gasteiger partial charge in [-0.3, -0.25) is 9.59 Å². The number of pyridine rings is 1. The number of nitrogens with one attached hydrogen (secondary N) is 1. The molecule has 1 aliphatic rings. The van der Waals surface area contributed by atoms with Crippen LogP contribution in [0, 0.1) is 5.92 Å². The summed E-state index contributed by atoms with van der Waals surface area (Å²) >= 11 is 0. The Morgan fingerprint density at radius 1 is 0.974 bits per heavy atom. The lowest BCUT2D eigenvalue weighted by Gasteiger charge is -2.18. The molecule has 38 heavy (non-hydrogen) atoms. The average molecular weight is 515 g/mol. The Kier molecular flexibility index (Phi) is 8.53. The van der Waals surface area contributed by atoms with Gasteiger partial charge in [-0.2, -0.15) is 0 Å². The van der Waals surface area contributed by atoms with Crippen LogP contribution in [-0.2, 0) is 14.3 Å². The second-order valence-corrected chi connectivity index (χ2v) is 9.09. The topological polar surface area (TPSA) is 104 Å². The first-order valence-corrected chi connectivity index (χ1v) is 12.4. The van der Waals surface area contributed by atoms with Gasteiger partial charge < -0.3 is 19.5 Å². The van der Waals surface area contributed by atoms with Crippen molar-refractivity contribution in [1.82, 2.24) is 10.3 Å².